The molecule has 1 amide bonds. The zero-order valence-electron chi connectivity index (χ0n) is 13.9. The smallest absolute Gasteiger partial charge is 0.333 e. The molecule has 0 aliphatic rings. The molecule has 0 fully saturated rings. The van der Waals surface area contributed by atoms with Gasteiger partial charge in [0, 0.05) is 11.2 Å². The van der Waals surface area contributed by atoms with Gasteiger partial charge in [0.05, 0.1) is 15.6 Å². The Morgan fingerprint density at radius 3 is 2.57 bits per heavy atom. The molecular weight excluding hydrogens is 409 g/mol. The van der Waals surface area contributed by atoms with E-state index < -0.39 is 16.5 Å². The van der Waals surface area contributed by atoms with Crippen molar-refractivity contribution < 1.29 is 9.72 Å². The molecule has 0 spiro atoms. The number of carbonyl (C=O) groups is 1. The largest absolute Gasteiger partial charge is 0.355 e. The SMILES string of the molecule is O=C(NNc1ncnc(Nc2cc(Cl)ccc2Cl)c1[N+](=O)[O-])c1ccccn1. The van der Waals surface area contributed by atoms with Gasteiger partial charge in [-0.05, 0) is 30.3 Å². The molecule has 3 rings (SSSR count). The third-order valence-electron chi connectivity index (χ3n) is 3.38. The molecule has 28 heavy (non-hydrogen) atoms. The molecule has 0 aliphatic heterocycles. The van der Waals surface area contributed by atoms with Crippen LogP contribution in [0.3, 0.4) is 0 Å². The van der Waals surface area contributed by atoms with Crippen LogP contribution in [0.1, 0.15) is 10.5 Å². The topological polar surface area (TPSA) is 135 Å². The first-order valence-electron chi connectivity index (χ1n) is 7.64. The quantitative estimate of drug-likeness (QED) is 0.407. The maximum Gasteiger partial charge on any atom is 0.355 e. The van der Waals surface area contributed by atoms with Crippen molar-refractivity contribution in [1.29, 1.82) is 0 Å². The van der Waals surface area contributed by atoms with Crippen LogP contribution in [0.15, 0.2) is 48.9 Å². The van der Waals surface area contributed by atoms with Gasteiger partial charge in [0.2, 0.25) is 11.6 Å². The molecular formula is C16H11Cl2N7O3. The predicted molar refractivity (Wildman–Crippen MR) is 104 cm³/mol. The summed E-state index contributed by atoms with van der Waals surface area (Å²) in [5.74, 6) is -0.968. The van der Waals surface area contributed by atoms with Crippen LogP contribution in [0.25, 0.3) is 0 Å². The van der Waals surface area contributed by atoms with E-state index in [1.807, 2.05) is 0 Å². The Hall–Kier alpha value is -3.50. The van der Waals surface area contributed by atoms with Gasteiger partial charge in [-0.25, -0.2) is 9.97 Å². The van der Waals surface area contributed by atoms with Crippen LogP contribution < -0.4 is 16.2 Å². The second kappa shape index (κ2) is 8.46. The van der Waals surface area contributed by atoms with Gasteiger partial charge in [-0.1, -0.05) is 29.3 Å². The Labute approximate surface area is 168 Å². The number of nitro groups is 1. The van der Waals surface area contributed by atoms with Crippen LogP contribution in [-0.4, -0.2) is 25.8 Å². The van der Waals surface area contributed by atoms with Gasteiger partial charge < -0.3 is 5.32 Å². The van der Waals surface area contributed by atoms with Crippen molar-refractivity contribution in [3.8, 4) is 0 Å². The summed E-state index contributed by atoms with van der Waals surface area (Å²) in [6.45, 7) is 0. The molecule has 1 aromatic carbocycles. The Kier molecular flexibility index (Phi) is 5.82. The summed E-state index contributed by atoms with van der Waals surface area (Å²) >= 11 is 12.0. The summed E-state index contributed by atoms with van der Waals surface area (Å²) in [4.78, 5) is 34.5. The van der Waals surface area contributed by atoms with E-state index >= 15 is 0 Å². The predicted octanol–water partition coefficient (Wildman–Crippen LogP) is 3.59. The number of carbonyl (C=O) groups excluding carboxylic acids is 1. The fraction of sp³-hybridized carbons (Fsp3) is 0. The molecule has 142 valence electrons. The Morgan fingerprint density at radius 2 is 1.86 bits per heavy atom. The molecule has 10 nitrogen and oxygen atoms in total. The maximum atomic E-state index is 12.1. The average molecular weight is 420 g/mol. The Balaban J connectivity index is 1.86. The highest BCUT2D eigenvalue weighted by atomic mass is 35.5. The zero-order chi connectivity index (χ0) is 20.1. The number of anilines is 3. The van der Waals surface area contributed by atoms with Crippen molar-refractivity contribution in [3.05, 3.63) is 74.8 Å². The van der Waals surface area contributed by atoms with Crippen molar-refractivity contribution in [2.45, 2.75) is 0 Å². The number of nitrogens with zero attached hydrogens (tertiary/aromatic N) is 4. The number of aromatic nitrogens is 3. The summed E-state index contributed by atoms with van der Waals surface area (Å²) in [6, 6.07) is 9.37. The molecule has 0 bridgehead atoms. The number of hydrazine groups is 1. The standard InChI is InChI=1S/C16H11Cl2N7O3/c17-9-4-5-10(18)12(7-9)22-14-13(25(27)28)15(21-8-20-14)23-24-16(26)11-3-1-2-6-19-11/h1-8H,(H,24,26)(H2,20,21,22,23). The van der Waals surface area contributed by atoms with Crippen LogP contribution in [0.4, 0.5) is 23.0 Å². The highest BCUT2D eigenvalue weighted by Crippen LogP contribution is 2.34. The molecule has 0 atom stereocenters. The highest BCUT2D eigenvalue weighted by molar-refractivity contribution is 6.35. The number of benzene rings is 1. The first kappa shape index (κ1) is 19.3. The minimum atomic E-state index is -0.698. The number of nitrogens with one attached hydrogen (secondary N) is 3. The van der Waals surface area contributed by atoms with Crippen LogP contribution in [-0.2, 0) is 0 Å². The van der Waals surface area contributed by atoms with Crippen molar-refractivity contribution in [1.82, 2.24) is 20.4 Å². The first-order chi connectivity index (χ1) is 13.5. The number of pyridine rings is 1. The molecule has 2 aromatic heterocycles. The van der Waals surface area contributed by atoms with E-state index in [1.54, 1.807) is 18.2 Å². The number of rotatable bonds is 6. The molecule has 0 unspecified atom stereocenters. The van der Waals surface area contributed by atoms with E-state index in [-0.39, 0.29) is 22.4 Å². The van der Waals surface area contributed by atoms with Gasteiger partial charge in [0.15, 0.2) is 0 Å². The lowest BCUT2D eigenvalue weighted by Crippen LogP contribution is -2.31. The fourth-order valence-corrected chi connectivity index (χ4v) is 2.47. The zero-order valence-corrected chi connectivity index (χ0v) is 15.4. The van der Waals surface area contributed by atoms with Gasteiger partial charge >= 0.3 is 5.69 Å². The summed E-state index contributed by atoms with van der Waals surface area (Å²) in [6.07, 6.45) is 2.53. The Bertz CT molecular complexity index is 1030. The molecule has 0 aliphatic carbocycles. The van der Waals surface area contributed by atoms with Gasteiger partial charge in [-0.3, -0.25) is 30.7 Å². The van der Waals surface area contributed by atoms with E-state index in [1.165, 1.54) is 24.4 Å². The molecule has 3 N–H and O–H groups in total. The van der Waals surface area contributed by atoms with Gasteiger partial charge in [-0.2, -0.15) is 0 Å². The van der Waals surface area contributed by atoms with Crippen molar-refractivity contribution in [2.24, 2.45) is 0 Å². The van der Waals surface area contributed by atoms with E-state index in [0.717, 1.165) is 6.33 Å². The first-order valence-corrected chi connectivity index (χ1v) is 8.40. The average Bonchev–Trinajstić information content (AvgIpc) is 2.69. The third-order valence-corrected chi connectivity index (χ3v) is 3.94. The lowest BCUT2D eigenvalue weighted by atomic mass is 10.3. The van der Waals surface area contributed by atoms with Crippen LogP contribution in [0.2, 0.25) is 10.0 Å². The maximum absolute atomic E-state index is 12.1. The van der Waals surface area contributed by atoms with Crippen molar-refractivity contribution in [2.75, 3.05) is 10.7 Å². The number of hydrogen-bond donors (Lipinski definition) is 3. The molecule has 0 saturated heterocycles. The number of amides is 1. The summed E-state index contributed by atoms with van der Waals surface area (Å²) < 4.78 is 0. The minimum absolute atomic E-state index is 0.121. The molecule has 0 saturated carbocycles. The lowest BCUT2D eigenvalue weighted by Gasteiger charge is -2.11. The molecule has 12 heteroatoms. The van der Waals surface area contributed by atoms with Crippen LogP contribution in [0, 0.1) is 10.1 Å². The number of hydrogen-bond acceptors (Lipinski definition) is 8. The van der Waals surface area contributed by atoms with Gasteiger partial charge in [0.25, 0.3) is 5.91 Å². The van der Waals surface area contributed by atoms with Crippen molar-refractivity contribution in [3.63, 3.8) is 0 Å². The minimum Gasteiger partial charge on any atom is -0.333 e. The van der Waals surface area contributed by atoms with Crippen molar-refractivity contribution >= 4 is 52.1 Å². The van der Waals surface area contributed by atoms with Gasteiger partial charge in [-0.15, -0.1) is 0 Å². The molecule has 2 heterocycles. The van der Waals surface area contributed by atoms with E-state index in [9.17, 15) is 14.9 Å². The molecule has 3 aromatic rings. The summed E-state index contributed by atoms with van der Waals surface area (Å²) in [5, 5.41) is 15.0. The normalized spacial score (nSPS) is 10.2. The monoisotopic (exact) mass is 419 g/mol. The van der Waals surface area contributed by atoms with Gasteiger partial charge in [0.1, 0.15) is 12.0 Å². The Morgan fingerprint density at radius 1 is 1.07 bits per heavy atom. The third kappa shape index (κ3) is 4.42. The van der Waals surface area contributed by atoms with E-state index in [2.05, 4.69) is 31.1 Å². The second-order valence-corrected chi connectivity index (χ2v) is 6.06. The van der Waals surface area contributed by atoms with E-state index in [4.69, 9.17) is 23.2 Å². The molecule has 0 radical (unpaired) electrons. The second-order valence-electron chi connectivity index (χ2n) is 5.22. The van der Waals surface area contributed by atoms with Crippen LogP contribution in [0.5, 0.6) is 0 Å². The summed E-state index contributed by atoms with van der Waals surface area (Å²) in [5.41, 5.74) is 4.65. The fourth-order valence-electron chi connectivity index (χ4n) is 2.13. The van der Waals surface area contributed by atoms with Crippen LogP contribution >= 0.6 is 23.2 Å². The number of halogens is 2. The highest BCUT2D eigenvalue weighted by Gasteiger charge is 2.24. The lowest BCUT2D eigenvalue weighted by molar-refractivity contribution is -0.383. The van der Waals surface area contributed by atoms with E-state index in [0.29, 0.717) is 10.7 Å². The summed E-state index contributed by atoms with van der Waals surface area (Å²) in [7, 11) is 0.